The van der Waals surface area contributed by atoms with Gasteiger partial charge in [0.1, 0.15) is 0 Å². The van der Waals surface area contributed by atoms with Crippen LogP contribution in [0, 0.1) is 5.41 Å². The van der Waals surface area contributed by atoms with Crippen molar-refractivity contribution in [3.8, 4) is 0 Å². The molecule has 0 saturated heterocycles. The molecule has 0 aliphatic heterocycles. The minimum Gasteiger partial charge on any atom is -0.858 e. The van der Waals surface area contributed by atoms with Gasteiger partial charge in [0.15, 0.2) is 0 Å². The zero-order valence-corrected chi connectivity index (χ0v) is 8.30. The predicted molar refractivity (Wildman–Crippen MR) is 44.9 cm³/mol. The monoisotopic (exact) mass is 158 g/mol. The summed E-state index contributed by atoms with van der Waals surface area (Å²) in [4.78, 5) is 0. The second-order valence-electron chi connectivity index (χ2n) is 4.60. The van der Waals surface area contributed by atoms with Crippen LogP contribution >= 0.6 is 0 Å². The molecular weight excluding hydrogens is 140 g/mol. The van der Waals surface area contributed by atoms with Gasteiger partial charge in [-0.1, -0.05) is 20.8 Å². The summed E-state index contributed by atoms with van der Waals surface area (Å²) in [5.74, 6) is -0.0509. The van der Waals surface area contributed by atoms with Gasteiger partial charge in [-0.05, 0) is 5.41 Å². The number of rotatable bonds is 1. The second-order valence-corrected chi connectivity index (χ2v) is 4.60. The van der Waals surface area contributed by atoms with Crippen molar-refractivity contribution in [2.75, 3.05) is 21.1 Å². The van der Waals surface area contributed by atoms with Gasteiger partial charge in [-0.25, -0.2) is 4.59 Å². The fraction of sp³-hybridized carbons (Fsp3) is 0.875. The first-order valence-electron chi connectivity index (χ1n) is 3.72. The lowest BCUT2D eigenvalue weighted by Gasteiger charge is -2.28. The van der Waals surface area contributed by atoms with Crippen molar-refractivity contribution in [3.63, 3.8) is 0 Å². The molecule has 3 nitrogen and oxygen atoms in total. The fourth-order valence-corrected chi connectivity index (χ4v) is 0.422. The Balaban J connectivity index is 4.49. The van der Waals surface area contributed by atoms with Crippen molar-refractivity contribution in [1.82, 2.24) is 0 Å². The number of hydrogen-bond donors (Lipinski definition) is 0. The summed E-state index contributed by atoms with van der Waals surface area (Å²) >= 11 is 0. The molecule has 0 rings (SSSR count). The maximum absolute atomic E-state index is 11.3. The molecule has 3 heteroatoms. The maximum Gasteiger partial charge on any atom is 0.0923 e. The van der Waals surface area contributed by atoms with Gasteiger partial charge in [0, 0.05) is 5.90 Å². The Labute approximate surface area is 68.9 Å². The van der Waals surface area contributed by atoms with Gasteiger partial charge in [0.05, 0.1) is 21.1 Å². The van der Waals surface area contributed by atoms with E-state index in [1.54, 1.807) is 0 Å². The van der Waals surface area contributed by atoms with Gasteiger partial charge in [-0.3, -0.25) is 0 Å². The molecule has 0 heterocycles. The van der Waals surface area contributed by atoms with Crippen molar-refractivity contribution in [1.29, 1.82) is 0 Å². The summed E-state index contributed by atoms with van der Waals surface area (Å²) in [5.41, 5.74) is -0.356. The number of quaternary nitrogens is 1. The summed E-state index contributed by atoms with van der Waals surface area (Å²) in [6.45, 7) is 5.61. The van der Waals surface area contributed by atoms with Crippen molar-refractivity contribution < 1.29 is 9.70 Å². The molecule has 11 heavy (non-hydrogen) atoms. The normalized spacial score (nSPS) is 15.3. The second kappa shape index (κ2) is 2.81. The standard InChI is InChI=1S/C8H18N2O/c1-8(2,3)7(11)9-10(4,5)6/h1-6H3. The zero-order valence-electron chi connectivity index (χ0n) is 8.30. The van der Waals surface area contributed by atoms with Gasteiger partial charge in [0.2, 0.25) is 0 Å². The average Bonchev–Trinajstić information content (AvgIpc) is 1.56. The van der Waals surface area contributed by atoms with Gasteiger partial charge in [0.25, 0.3) is 0 Å². The van der Waals surface area contributed by atoms with Crippen LogP contribution in [0.25, 0.3) is 0 Å². The van der Waals surface area contributed by atoms with E-state index in [9.17, 15) is 5.11 Å². The fourth-order valence-electron chi connectivity index (χ4n) is 0.422. The highest BCUT2D eigenvalue weighted by molar-refractivity contribution is 5.76. The molecule has 0 atom stereocenters. The van der Waals surface area contributed by atoms with Crippen LogP contribution < -0.4 is 5.11 Å². The Morgan fingerprint density at radius 2 is 1.55 bits per heavy atom. The molecule has 0 bridgehead atoms. The Morgan fingerprint density at radius 1 is 1.18 bits per heavy atom. The van der Waals surface area contributed by atoms with E-state index in [1.807, 2.05) is 41.9 Å². The molecular formula is C8H18N2O. The lowest BCUT2D eigenvalue weighted by molar-refractivity contribution is -0.878. The van der Waals surface area contributed by atoms with E-state index in [1.165, 1.54) is 0 Å². The van der Waals surface area contributed by atoms with Gasteiger partial charge < -0.3 is 5.11 Å². The summed E-state index contributed by atoms with van der Waals surface area (Å²) in [7, 11) is 5.59. The molecule has 0 radical (unpaired) electrons. The van der Waals surface area contributed by atoms with E-state index in [-0.39, 0.29) is 11.3 Å². The van der Waals surface area contributed by atoms with Gasteiger partial charge >= 0.3 is 0 Å². The van der Waals surface area contributed by atoms with Crippen molar-refractivity contribution in [2.24, 2.45) is 10.5 Å². The molecule has 0 spiro atoms. The predicted octanol–water partition coefficient (Wildman–Crippen LogP) is 0.412. The third-order valence-electron chi connectivity index (χ3n) is 1.03. The van der Waals surface area contributed by atoms with Gasteiger partial charge in [-0.2, -0.15) is 0 Å². The van der Waals surface area contributed by atoms with E-state index in [2.05, 4.69) is 5.10 Å². The first-order chi connectivity index (χ1) is 4.63. The topological polar surface area (TPSA) is 35.4 Å². The number of hydrogen-bond acceptors (Lipinski definition) is 2. The number of nitrogens with zero attached hydrogens (tertiary/aromatic N) is 2. The van der Waals surface area contributed by atoms with E-state index in [4.69, 9.17) is 0 Å². The first-order valence-corrected chi connectivity index (χ1v) is 3.72. The Morgan fingerprint density at radius 3 is 1.64 bits per heavy atom. The van der Waals surface area contributed by atoms with E-state index < -0.39 is 0 Å². The molecule has 0 amide bonds. The Bertz CT molecular complexity index is 160. The van der Waals surface area contributed by atoms with Crippen LogP contribution in [-0.4, -0.2) is 31.6 Å². The minimum absolute atomic E-state index is 0.0509. The summed E-state index contributed by atoms with van der Waals surface area (Å²) < 4.78 is 0.343. The lowest BCUT2D eigenvalue weighted by Crippen LogP contribution is -2.39. The highest BCUT2D eigenvalue weighted by Crippen LogP contribution is 2.13. The van der Waals surface area contributed by atoms with Crippen LogP contribution in [-0.2, 0) is 0 Å². The van der Waals surface area contributed by atoms with E-state index in [0.29, 0.717) is 4.59 Å². The van der Waals surface area contributed by atoms with Crippen LogP contribution in [0.1, 0.15) is 20.8 Å². The molecule has 0 saturated carbocycles. The van der Waals surface area contributed by atoms with Crippen LogP contribution in [0.3, 0.4) is 0 Å². The molecule has 66 valence electrons. The summed E-state index contributed by atoms with van der Waals surface area (Å²) in [6, 6.07) is 0. The van der Waals surface area contributed by atoms with Crippen LogP contribution in [0.5, 0.6) is 0 Å². The lowest BCUT2D eigenvalue weighted by atomic mass is 9.97. The van der Waals surface area contributed by atoms with Crippen LogP contribution in [0.4, 0.5) is 0 Å². The maximum atomic E-state index is 11.3. The highest BCUT2D eigenvalue weighted by atomic mass is 16.3. The third-order valence-corrected chi connectivity index (χ3v) is 1.03. The molecule has 0 aliphatic carbocycles. The smallest absolute Gasteiger partial charge is 0.0923 e. The largest absolute Gasteiger partial charge is 0.858 e. The van der Waals surface area contributed by atoms with Crippen LogP contribution in [0.2, 0.25) is 0 Å². The first kappa shape index (κ1) is 10.4. The average molecular weight is 158 g/mol. The molecule has 0 aromatic carbocycles. The van der Waals surface area contributed by atoms with E-state index in [0.717, 1.165) is 0 Å². The van der Waals surface area contributed by atoms with Crippen LogP contribution in [0.15, 0.2) is 5.10 Å². The highest BCUT2D eigenvalue weighted by Gasteiger charge is 2.14. The Hall–Kier alpha value is -0.570. The van der Waals surface area contributed by atoms with Gasteiger partial charge in [-0.15, -0.1) is 5.10 Å². The van der Waals surface area contributed by atoms with Crippen molar-refractivity contribution in [2.45, 2.75) is 20.8 Å². The quantitative estimate of drug-likeness (QED) is 0.236. The summed E-state index contributed by atoms with van der Waals surface area (Å²) in [6.07, 6.45) is 0. The molecule has 0 fully saturated rings. The van der Waals surface area contributed by atoms with Crippen molar-refractivity contribution in [3.05, 3.63) is 0 Å². The zero-order chi connectivity index (χ0) is 9.28. The minimum atomic E-state index is -0.356. The van der Waals surface area contributed by atoms with E-state index >= 15 is 0 Å². The Kier molecular flexibility index (Phi) is 2.67. The molecule has 0 aromatic rings. The molecule has 0 aliphatic rings. The third kappa shape index (κ3) is 4.79. The summed E-state index contributed by atoms with van der Waals surface area (Å²) in [5, 5.41) is 15.3. The van der Waals surface area contributed by atoms with Crippen molar-refractivity contribution >= 4 is 5.90 Å². The molecule has 0 unspecified atom stereocenters. The SMILES string of the molecule is CC(C)(C)/C([O-])=N/[N+](C)(C)C. The molecule has 0 N–H and O–H groups in total. The molecule has 0 aromatic heterocycles.